The fourth-order valence-electron chi connectivity index (χ4n) is 3.85. The van der Waals surface area contributed by atoms with E-state index in [1.165, 1.54) is 11.1 Å². The van der Waals surface area contributed by atoms with Crippen LogP contribution in [0, 0.1) is 0 Å². The van der Waals surface area contributed by atoms with Crippen LogP contribution in [0.3, 0.4) is 0 Å². The van der Waals surface area contributed by atoms with E-state index in [1.54, 1.807) is 0 Å². The summed E-state index contributed by atoms with van der Waals surface area (Å²) in [5.41, 5.74) is 6.42. The molecule has 6 heteroatoms. The van der Waals surface area contributed by atoms with Crippen molar-refractivity contribution in [3.8, 4) is 0 Å². The van der Waals surface area contributed by atoms with Gasteiger partial charge in [-0.05, 0) is 47.9 Å². The molecule has 1 aliphatic rings. The maximum absolute atomic E-state index is 4.96. The van der Waals surface area contributed by atoms with Gasteiger partial charge in [-0.2, -0.15) is 0 Å². The SMILES string of the molecule is CC(=Nc1ccccc1C(C)(C)C)C1=CCC=C(C(C)=Nc2ccccc2C(C)(C)C)[OH+]1.[Cl][Fe][Cl]. The third-order valence-electron chi connectivity index (χ3n) is 5.61. The van der Waals surface area contributed by atoms with E-state index in [0.29, 0.717) is 0 Å². The first-order valence-corrected chi connectivity index (χ1v) is 14.7. The molecule has 35 heavy (non-hydrogen) atoms. The second kappa shape index (κ2) is 12.9. The third kappa shape index (κ3) is 8.65. The average Bonchev–Trinajstić information content (AvgIpc) is 2.79. The van der Waals surface area contributed by atoms with E-state index >= 15 is 0 Å². The Hall–Kier alpha value is -1.84. The third-order valence-corrected chi connectivity index (χ3v) is 5.61. The van der Waals surface area contributed by atoms with Gasteiger partial charge in [-0.15, -0.1) is 0 Å². The number of ether oxygens (including phenoxy) is 1. The molecular formula is C29H37Cl2FeN2O+. The van der Waals surface area contributed by atoms with E-state index in [9.17, 15) is 0 Å². The van der Waals surface area contributed by atoms with E-state index in [2.05, 4.69) is 90.1 Å². The molecular weight excluding hydrogens is 519 g/mol. The summed E-state index contributed by atoms with van der Waals surface area (Å²) in [5, 5.41) is 0. The molecule has 0 radical (unpaired) electrons. The minimum atomic E-state index is 0.0349. The number of para-hydroxylation sites is 2. The quantitative estimate of drug-likeness (QED) is 0.204. The van der Waals surface area contributed by atoms with E-state index in [0.717, 1.165) is 40.7 Å². The molecule has 0 aliphatic carbocycles. The van der Waals surface area contributed by atoms with Crippen molar-refractivity contribution in [1.29, 1.82) is 0 Å². The number of halogens is 2. The van der Waals surface area contributed by atoms with Gasteiger partial charge in [-0.3, -0.25) is 0 Å². The van der Waals surface area contributed by atoms with Crippen molar-refractivity contribution in [1.82, 2.24) is 0 Å². The number of benzene rings is 2. The van der Waals surface area contributed by atoms with Crippen molar-refractivity contribution >= 4 is 43.0 Å². The van der Waals surface area contributed by atoms with Gasteiger partial charge >= 0.3 is 33.3 Å². The maximum atomic E-state index is 4.96. The summed E-state index contributed by atoms with van der Waals surface area (Å²) in [4.78, 5) is 9.92. The molecule has 0 spiro atoms. The van der Waals surface area contributed by atoms with E-state index in [4.69, 9.17) is 34.9 Å². The van der Waals surface area contributed by atoms with Crippen molar-refractivity contribution in [3.05, 3.63) is 83.3 Å². The van der Waals surface area contributed by atoms with Crippen molar-refractivity contribution < 1.29 is 17.9 Å². The fourth-order valence-corrected chi connectivity index (χ4v) is 3.85. The molecule has 0 saturated carbocycles. The molecule has 0 fully saturated rings. The zero-order chi connectivity index (χ0) is 26.2. The van der Waals surface area contributed by atoms with Crippen LogP contribution in [0.5, 0.6) is 0 Å². The molecule has 0 saturated heterocycles. The predicted octanol–water partition coefficient (Wildman–Crippen LogP) is 9.81. The Balaban J connectivity index is 0.00000137. The summed E-state index contributed by atoms with van der Waals surface area (Å²) in [6, 6.07) is 16.7. The Kier molecular flexibility index (Phi) is 10.8. The van der Waals surface area contributed by atoms with Crippen LogP contribution < -0.4 is 0 Å². The van der Waals surface area contributed by atoms with Crippen molar-refractivity contribution in [3.63, 3.8) is 0 Å². The fraction of sp³-hybridized carbons (Fsp3) is 0.379. The standard InChI is InChI=1S/C29H36N2O.2ClH.Fe/c1-20(30-24-16-11-9-14-22(24)28(3,4)5)26-18-13-19-27(32-26)21(2)31-25-17-12-10-15-23(25)29(6,7)8;;;/h9-12,14-19H,13H2,1-8H3;2*1H;/q;;;+2/p-1. The minimum absolute atomic E-state index is 0.0349. The Bertz CT molecular complexity index is 1050. The van der Waals surface area contributed by atoms with Gasteiger partial charge in [0, 0.05) is 18.6 Å². The van der Waals surface area contributed by atoms with Gasteiger partial charge in [-0.25, -0.2) is 9.98 Å². The number of nitrogens with zero attached hydrogens (tertiary/aromatic N) is 2. The molecule has 1 N–H and O–H groups in total. The number of hydrogen-bond acceptors (Lipinski definition) is 2. The topological polar surface area (TPSA) is 37.5 Å². The number of aliphatic imine (C=N–C) groups is 2. The second-order valence-corrected chi connectivity index (χ2v) is 12.3. The van der Waals surface area contributed by atoms with Gasteiger partial charge in [0.1, 0.15) is 11.4 Å². The van der Waals surface area contributed by atoms with Crippen LogP contribution in [0.4, 0.5) is 11.4 Å². The molecule has 0 unspecified atom stereocenters. The van der Waals surface area contributed by atoms with E-state index in [-0.39, 0.29) is 24.0 Å². The van der Waals surface area contributed by atoms with E-state index in [1.807, 2.05) is 26.0 Å². The summed E-state index contributed by atoms with van der Waals surface area (Å²) >= 11 is 0.194. The molecule has 190 valence electrons. The van der Waals surface area contributed by atoms with Crippen molar-refractivity contribution in [2.75, 3.05) is 0 Å². The summed E-state index contributed by atoms with van der Waals surface area (Å²) in [5.74, 6) is 1.84. The molecule has 2 aromatic carbocycles. The zero-order valence-corrected chi connectivity index (χ0v) is 24.5. The summed E-state index contributed by atoms with van der Waals surface area (Å²) in [6.07, 6.45) is 5.10. The van der Waals surface area contributed by atoms with Gasteiger partial charge < -0.3 is 4.74 Å². The van der Waals surface area contributed by atoms with Gasteiger partial charge in [0.2, 0.25) is 0 Å². The van der Waals surface area contributed by atoms with Crippen LogP contribution in [0.15, 0.2) is 82.2 Å². The monoisotopic (exact) mass is 555 g/mol. The molecule has 3 nitrogen and oxygen atoms in total. The normalized spacial score (nSPS) is 15.0. The second-order valence-electron chi connectivity index (χ2n) is 10.5. The number of aliphatic hydroxyl groups is 2. The zero-order valence-electron chi connectivity index (χ0n) is 21.9. The Morgan fingerprint density at radius 1 is 0.714 bits per heavy atom. The predicted molar refractivity (Wildman–Crippen MR) is 151 cm³/mol. The molecule has 2 aromatic rings. The molecule has 0 aromatic heterocycles. The Morgan fingerprint density at radius 2 is 1.06 bits per heavy atom. The van der Waals surface area contributed by atoms with Gasteiger partial charge in [0.25, 0.3) is 11.5 Å². The first kappa shape index (κ1) is 29.4. The molecule has 0 atom stereocenters. The Morgan fingerprint density at radius 3 is 1.40 bits per heavy atom. The molecule has 0 bridgehead atoms. The van der Waals surface area contributed by atoms with Crippen molar-refractivity contribution in [2.24, 2.45) is 9.98 Å². The molecule has 0 amide bonds. The number of allylic oxidation sites excluding steroid dienone is 4. The van der Waals surface area contributed by atoms with Crippen LogP contribution in [-0.2, 0) is 24.0 Å². The molecule has 1 aliphatic heterocycles. The van der Waals surface area contributed by atoms with E-state index < -0.39 is 0 Å². The first-order chi connectivity index (χ1) is 16.4. The summed E-state index contributed by atoms with van der Waals surface area (Å²) in [6.45, 7) is 17.4. The van der Waals surface area contributed by atoms with Crippen LogP contribution in [0.1, 0.15) is 72.9 Å². The number of hydrogen-bond donors (Lipinski definition) is 0. The van der Waals surface area contributed by atoms with Crippen LogP contribution >= 0.6 is 20.2 Å². The van der Waals surface area contributed by atoms with Crippen LogP contribution in [0.2, 0.25) is 0 Å². The van der Waals surface area contributed by atoms with Crippen molar-refractivity contribution in [2.45, 2.75) is 72.6 Å². The van der Waals surface area contributed by atoms with Gasteiger partial charge in [0.15, 0.2) is 0 Å². The van der Waals surface area contributed by atoms with Crippen LogP contribution in [-0.4, -0.2) is 16.2 Å². The van der Waals surface area contributed by atoms with Gasteiger partial charge in [-0.1, -0.05) is 77.9 Å². The molecule has 1 heterocycles. The summed E-state index contributed by atoms with van der Waals surface area (Å²) in [7, 11) is 9.53. The number of rotatable bonds is 4. The Labute approximate surface area is 226 Å². The van der Waals surface area contributed by atoms with Crippen LogP contribution in [0.25, 0.3) is 0 Å². The first-order valence-electron chi connectivity index (χ1n) is 11.7. The molecule has 3 rings (SSSR count). The van der Waals surface area contributed by atoms with Gasteiger partial charge in [0.05, 0.1) is 11.4 Å². The average molecular weight is 556 g/mol. The summed E-state index contributed by atoms with van der Waals surface area (Å²) < 4.78 is 4.92.